The summed E-state index contributed by atoms with van der Waals surface area (Å²) in [5.74, 6) is -1.22. The van der Waals surface area contributed by atoms with Gasteiger partial charge in [0.15, 0.2) is 0 Å². The van der Waals surface area contributed by atoms with Gasteiger partial charge in [0.1, 0.15) is 5.75 Å². The van der Waals surface area contributed by atoms with Crippen LogP contribution in [0.2, 0.25) is 0 Å². The van der Waals surface area contributed by atoms with Crippen LogP contribution in [0.5, 0.6) is 5.75 Å². The number of rotatable bonds is 6. The Labute approximate surface area is 140 Å². The van der Waals surface area contributed by atoms with E-state index in [1.807, 2.05) is 0 Å². The molecule has 0 bridgehead atoms. The summed E-state index contributed by atoms with van der Waals surface area (Å²) in [6, 6.07) is 14.0. The lowest BCUT2D eigenvalue weighted by atomic mass is 10.0. The summed E-state index contributed by atoms with van der Waals surface area (Å²) in [5.41, 5.74) is 0.618. The van der Waals surface area contributed by atoms with Crippen molar-refractivity contribution in [3.05, 3.63) is 60.2 Å². The second-order valence-corrected chi connectivity index (χ2v) is 6.48. The highest BCUT2D eigenvalue weighted by atomic mass is 32.2. The molecule has 1 atom stereocenters. The second-order valence-electron chi connectivity index (χ2n) is 4.95. The number of hydroxylamine groups is 2. The largest absolute Gasteiger partial charge is 0.497 e. The zero-order valence-electron chi connectivity index (χ0n) is 13.1. The Morgan fingerprint density at radius 3 is 2.21 bits per heavy atom. The third-order valence-electron chi connectivity index (χ3n) is 3.38. The van der Waals surface area contributed by atoms with Gasteiger partial charge in [-0.15, -0.1) is 4.28 Å². The van der Waals surface area contributed by atoms with Gasteiger partial charge >= 0.3 is 10.1 Å². The topological polar surface area (TPSA) is 93.1 Å². The van der Waals surface area contributed by atoms with E-state index in [2.05, 4.69) is 4.28 Å². The van der Waals surface area contributed by atoms with E-state index in [1.54, 1.807) is 30.3 Å². The van der Waals surface area contributed by atoms with E-state index in [-0.39, 0.29) is 10.1 Å². The molecule has 128 valence electrons. The molecule has 8 heteroatoms. The third kappa shape index (κ3) is 4.10. The molecule has 0 radical (unpaired) electrons. The summed E-state index contributed by atoms with van der Waals surface area (Å²) < 4.78 is 33.6. The van der Waals surface area contributed by atoms with Crippen LogP contribution in [0, 0.1) is 0 Å². The number of ether oxygens (including phenoxy) is 1. The quantitative estimate of drug-likeness (QED) is 0.634. The molecule has 0 saturated carbocycles. The highest BCUT2D eigenvalue weighted by Gasteiger charge is 2.27. The Morgan fingerprint density at radius 1 is 1.08 bits per heavy atom. The fraction of sp³-hybridized carbons (Fsp3) is 0.188. The normalized spacial score (nSPS) is 12.5. The third-order valence-corrected chi connectivity index (χ3v) is 4.56. The van der Waals surface area contributed by atoms with Gasteiger partial charge in [0.25, 0.3) is 5.91 Å². The molecular weight excluding hydrogens is 334 g/mol. The van der Waals surface area contributed by atoms with E-state index < -0.39 is 21.9 Å². The molecule has 0 aliphatic heterocycles. The molecule has 1 N–H and O–H groups in total. The fourth-order valence-corrected chi connectivity index (χ4v) is 2.78. The highest BCUT2D eigenvalue weighted by Crippen LogP contribution is 2.21. The molecule has 1 amide bonds. The Morgan fingerprint density at radius 2 is 1.67 bits per heavy atom. The van der Waals surface area contributed by atoms with Crippen LogP contribution in [0.3, 0.4) is 0 Å². The van der Waals surface area contributed by atoms with Gasteiger partial charge in [0.2, 0.25) is 0 Å². The summed E-state index contributed by atoms with van der Waals surface area (Å²) in [6.45, 7) is 1.53. The smallest absolute Gasteiger partial charge is 0.319 e. The summed E-state index contributed by atoms with van der Waals surface area (Å²) >= 11 is 0. The molecule has 0 heterocycles. The molecule has 24 heavy (non-hydrogen) atoms. The monoisotopic (exact) mass is 351 g/mol. The second kappa shape index (κ2) is 7.43. The average Bonchev–Trinajstić information content (AvgIpc) is 2.60. The maximum absolute atomic E-state index is 12.1. The molecule has 2 aromatic rings. The highest BCUT2D eigenvalue weighted by molar-refractivity contribution is 7.86. The predicted octanol–water partition coefficient (Wildman–Crippen LogP) is 2.34. The van der Waals surface area contributed by atoms with Crippen molar-refractivity contribution in [1.29, 1.82) is 0 Å². The van der Waals surface area contributed by atoms with Crippen molar-refractivity contribution in [2.45, 2.75) is 17.7 Å². The van der Waals surface area contributed by atoms with E-state index in [1.165, 1.54) is 38.3 Å². The number of carbonyl (C=O) groups is 1. The molecule has 0 saturated heterocycles. The van der Waals surface area contributed by atoms with Crippen LogP contribution in [-0.2, 0) is 19.2 Å². The van der Waals surface area contributed by atoms with Crippen LogP contribution < -0.4 is 4.74 Å². The summed E-state index contributed by atoms with van der Waals surface area (Å²) in [5, 5.41) is 9.45. The van der Waals surface area contributed by atoms with Crippen LogP contribution in [0.15, 0.2) is 59.5 Å². The Hall–Kier alpha value is -2.42. The molecule has 2 rings (SSSR count). The van der Waals surface area contributed by atoms with Gasteiger partial charge in [-0.05, 0) is 36.8 Å². The van der Waals surface area contributed by atoms with E-state index in [9.17, 15) is 18.4 Å². The summed E-state index contributed by atoms with van der Waals surface area (Å²) in [4.78, 5) is 11.9. The van der Waals surface area contributed by atoms with Crippen LogP contribution in [0.4, 0.5) is 0 Å². The van der Waals surface area contributed by atoms with Crippen molar-refractivity contribution < 1.29 is 27.4 Å². The van der Waals surface area contributed by atoms with Crippen molar-refractivity contribution in [3.63, 3.8) is 0 Å². The predicted molar refractivity (Wildman–Crippen MR) is 84.8 cm³/mol. The van der Waals surface area contributed by atoms with E-state index in [0.717, 1.165) is 0 Å². The standard InChI is InChI=1S/C16H17NO6S/c1-12(13-6-4-3-5-7-13)16(18)17(19)23-24(20,21)15-10-8-14(22-2)9-11-15/h3-12,19H,1-2H3/t12-/m1/s1. The zero-order valence-corrected chi connectivity index (χ0v) is 13.9. The SMILES string of the molecule is COc1ccc(S(=O)(=O)ON(O)C(=O)[C@H](C)c2ccccc2)cc1. The lowest BCUT2D eigenvalue weighted by Crippen LogP contribution is -2.33. The van der Waals surface area contributed by atoms with Crippen LogP contribution in [-0.4, -0.2) is 31.9 Å². The molecule has 2 aromatic carbocycles. The van der Waals surface area contributed by atoms with Crippen LogP contribution in [0.1, 0.15) is 18.4 Å². The Bertz CT molecular complexity index is 789. The molecule has 0 spiro atoms. The fourth-order valence-electron chi connectivity index (χ4n) is 1.97. The number of hydrogen-bond acceptors (Lipinski definition) is 6. The average molecular weight is 351 g/mol. The summed E-state index contributed by atoms with van der Waals surface area (Å²) in [7, 11) is -2.90. The number of benzene rings is 2. The van der Waals surface area contributed by atoms with Crippen LogP contribution >= 0.6 is 0 Å². The van der Waals surface area contributed by atoms with Gasteiger partial charge in [0.05, 0.1) is 17.9 Å². The van der Waals surface area contributed by atoms with Crippen molar-refractivity contribution in [3.8, 4) is 5.75 Å². The van der Waals surface area contributed by atoms with Gasteiger partial charge < -0.3 is 4.74 Å². The zero-order chi connectivity index (χ0) is 17.7. The van der Waals surface area contributed by atoms with Gasteiger partial charge in [-0.25, -0.2) is 0 Å². The molecule has 0 aliphatic carbocycles. The first kappa shape index (κ1) is 17.9. The lowest BCUT2D eigenvalue weighted by molar-refractivity contribution is -0.263. The van der Waals surface area contributed by atoms with Crippen LogP contribution in [0.25, 0.3) is 0 Å². The first-order valence-electron chi connectivity index (χ1n) is 7.01. The van der Waals surface area contributed by atoms with Crippen molar-refractivity contribution in [1.82, 2.24) is 5.23 Å². The minimum atomic E-state index is -4.35. The number of amides is 1. The molecule has 7 nitrogen and oxygen atoms in total. The molecule has 0 fully saturated rings. The van der Waals surface area contributed by atoms with Gasteiger partial charge in [-0.2, -0.15) is 8.42 Å². The van der Waals surface area contributed by atoms with Crippen molar-refractivity contribution in [2.75, 3.05) is 7.11 Å². The molecule has 0 aliphatic rings. The molecule has 0 aromatic heterocycles. The minimum absolute atomic E-state index is 0.220. The first-order valence-corrected chi connectivity index (χ1v) is 8.42. The number of methoxy groups -OCH3 is 1. The van der Waals surface area contributed by atoms with Gasteiger partial charge in [0, 0.05) is 0 Å². The Kier molecular flexibility index (Phi) is 5.55. The minimum Gasteiger partial charge on any atom is -0.497 e. The maximum Gasteiger partial charge on any atom is 0.319 e. The molecule has 0 unspecified atom stereocenters. The number of nitrogens with zero attached hydrogens (tertiary/aromatic N) is 1. The van der Waals surface area contributed by atoms with Gasteiger partial charge in [-0.1, -0.05) is 35.6 Å². The number of hydrogen-bond donors (Lipinski definition) is 1. The Balaban J connectivity index is 2.12. The van der Waals surface area contributed by atoms with E-state index >= 15 is 0 Å². The lowest BCUT2D eigenvalue weighted by Gasteiger charge is -2.18. The van der Waals surface area contributed by atoms with E-state index in [0.29, 0.717) is 11.3 Å². The first-order chi connectivity index (χ1) is 11.3. The van der Waals surface area contributed by atoms with Crippen molar-refractivity contribution >= 4 is 16.0 Å². The van der Waals surface area contributed by atoms with Crippen molar-refractivity contribution in [2.24, 2.45) is 0 Å². The molecular formula is C16H17NO6S. The number of carbonyl (C=O) groups excluding carboxylic acids is 1. The van der Waals surface area contributed by atoms with Gasteiger partial charge in [-0.3, -0.25) is 10.0 Å². The van der Waals surface area contributed by atoms with E-state index in [4.69, 9.17) is 4.74 Å². The summed E-state index contributed by atoms with van der Waals surface area (Å²) in [6.07, 6.45) is 0. The maximum atomic E-state index is 12.1.